The molecule has 0 amide bonds. The fraction of sp³-hybridized carbons (Fsp3) is 0.250. The summed E-state index contributed by atoms with van der Waals surface area (Å²) in [4.78, 5) is 15.0. The van der Waals surface area contributed by atoms with E-state index in [4.69, 9.17) is 5.41 Å². The summed E-state index contributed by atoms with van der Waals surface area (Å²) in [6.45, 7) is 1.45. The lowest BCUT2D eigenvalue weighted by Crippen LogP contribution is -2.18. The van der Waals surface area contributed by atoms with Gasteiger partial charge in [0.2, 0.25) is 5.88 Å². The molecule has 2 N–H and O–H groups in total. The van der Waals surface area contributed by atoms with Crippen LogP contribution in [0.4, 0.5) is 0 Å². The molecular formula is C20H20N4O2. The van der Waals surface area contributed by atoms with E-state index in [1.54, 1.807) is 22.9 Å². The van der Waals surface area contributed by atoms with E-state index in [0.29, 0.717) is 33.6 Å². The molecule has 0 unspecified atom stereocenters. The van der Waals surface area contributed by atoms with Crippen LogP contribution in [0.3, 0.4) is 0 Å². The zero-order valence-corrected chi connectivity index (χ0v) is 14.8. The highest BCUT2D eigenvalue weighted by atomic mass is 16.3. The molecule has 132 valence electrons. The van der Waals surface area contributed by atoms with Crippen molar-refractivity contribution in [3.8, 4) is 5.88 Å². The van der Waals surface area contributed by atoms with Crippen LogP contribution in [0.25, 0.3) is 32.4 Å². The standard InChI is InChI=1S/C20H20N4O2/c1-23(2)10-5-11-24-20(26)14-8-9-15(21)17-16(14)18(22-24)12-6-3-4-7-13(12)19(17)25/h3-4,6-9,21,26H,5,10-11H2,1-2H3. The number of aromatic nitrogens is 2. The van der Waals surface area contributed by atoms with Gasteiger partial charge in [-0.1, -0.05) is 24.3 Å². The molecule has 26 heavy (non-hydrogen) atoms. The molecule has 6 nitrogen and oxygen atoms in total. The number of fused-ring (bicyclic) bond motifs is 2. The second-order valence-corrected chi connectivity index (χ2v) is 6.84. The van der Waals surface area contributed by atoms with Crippen molar-refractivity contribution < 1.29 is 5.11 Å². The molecular weight excluding hydrogens is 328 g/mol. The number of hydrogen-bond acceptors (Lipinski definition) is 5. The molecule has 1 heterocycles. The zero-order chi connectivity index (χ0) is 18.4. The van der Waals surface area contributed by atoms with Crippen LogP contribution in [0.5, 0.6) is 5.88 Å². The predicted octanol–water partition coefficient (Wildman–Crippen LogP) is 2.28. The molecule has 0 radical (unpaired) electrons. The third-order valence-electron chi connectivity index (χ3n) is 4.78. The lowest BCUT2D eigenvalue weighted by Gasteiger charge is -2.16. The number of aromatic hydroxyl groups is 1. The molecule has 4 aromatic rings. The van der Waals surface area contributed by atoms with Gasteiger partial charge >= 0.3 is 0 Å². The first-order valence-electron chi connectivity index (χ1n) is 8.59. The van der Waals surface area contributed by atoms with Crippen LogP contribution >= 0.6 is 0 Å². The summed E-state index contributed by atoms with van der Waals surface area (Å²) in [5.74, 6) is 0.0379. The average Bonchev–Trinajstić information content (AvgIpc) is 2.62. The van der Waals surface area contributed by atoms with Gasteiger partial charge in [0.25, 0.3) is 0 Å². The molecule has 0 atom stereocenters. The van der Waals surface area contributed by atoms with Gasteiger partial charge in [0.05, 0.1) is 10.7 Å². The average molecular weight is 348 g/mol. The van der Waals surface area contributed by atoms with E-state index in [1.807, 2.05) is 32.3 Å². The first-order chi connectivity index (χ1) is 12.5. The molecule has 6 heteroatoms. The van der Waals surface area contributed by atoms with Crippen LogP contribution in [0.15, 0.2) is 41.2 Å². The number of rotatable bonds is 4. The normalized spacial score (nSPS) is 12.0. The fourth-order valence-electron chi connectivity index (χ4n) is 3.53. The van der Waals surface area contributed by atoms with Gasteiger partial charge in [-0.05, 0) is 39.2 Å². The minimum atomic E-state index is -0.185. The van der Waals surface area contributed by atoms with E-state index in [2.05, 4.69) is 10.00 Å². The Balaban J connectivity index is 2.11. The van der Waals surface area contributed by atoms with Gasteiger partial charge in [0.1, 0.15) is 5.52 Å². The second kappa shape index (κ2) is 6.07. The van der Waals surface area contributed by atoms with E-state index in [9.17, 15) is 9.90 Å². The Morgan fingerprint density at radius 3 is 2.54 bits per heavy atom. The molecule has 0 spiro atoms. The summed E-state index contributed by atoms with van der Waals surface area (Å²) in [6, 6.07) is 10.6. The molecule has 0 saturated carbocycles. The van der Waals surface area contributed by atoms with Crippen LogP contribution in [0, 0.1) is 5.41 Å². The van der Waals surface area contributed by atoms with E-state index >= 15 is 0 Å². The van der Waals surface area contributed by atoms with Gasteiger partial charge in [-0.3, -0.25) is 4.79 Å². The van der Waals surface area contributed by atoms with Crippen molar-refractivity contribution in [3.05, 3.63) is 52.0 Å². The Kier molecular flexibility index (Phi) is 3.85. The molecule has 0 aliphatic heterocycles. The van der Waals surface area contributed by atoms with Gasteiger partial charge in [-0.2, -0.15) is 5.10 Å². The van der Waals surface area contributed by atoms with Crippen LogP contribution in [-0.4, -0.2) is 40.4 Å². The highest BCUT2D eigenvalue weighted by Gasteiger charge is 2.18. The predicted molar refractivity (Wildman–Crippen MR) is 103 cm³/mol. The van der Waals surface area contributed by atoms with Crippen LogP contribution in [0.2, 0.25) is 0 Å². The van der Waals surface area contributed by atoms with Gasteiger partial charge in [-0.25, -0.2) is 4.68 Å². The zero-order valence-electron chi connectivity index (χ0n) is 14.8. The Bertz CT molecular complexity index is 1240. The quantitative estimate of drug-likeness (QED) is 0.438. The molecule has 3 aromatic carbocycles. The molecule has 0 aliphatic carbocycles. The van der Waals surface area contributed by atoms with E-state index < -0.39 is 0 Å². The first-order valence-corrected chi connectivity index (χ1v) is 8.59. The highest BCUT2D eigenvalue weighted by molar-refractivity contribution is 6.19. The maximum atomic E-state index is 12.9. The fourth-order valence-corrected chi connectivity index (χ4v) is 3.53. The van der Waals surface area contributed by atoms with Crippen LogP contribution in [-0.2, 0) is 6.54 Å². The lowest BCUT2D eigenvalue weighted by atomic mass is 9.98. The molecule has 0 saturated heterocycles. The van der Waals surface area contributed by atoms with Crippen LogP contribution < -0.4 is 10.8 Å². The Morgan fingerprint density at radius 2 is 1.81 bits per heavy atom. The van der Waals surface area contributed by atoms with Crippen molar-refractivity contribution in [2.45, 2.75) is 13.0 Å². The van der Waals surface area contributed by atoms with Gasteiger partial charge in [-0.15, -0.1) is 0 Å². The minimum absolute atomic E-state index is 0.0379. The van der Waals surface area contributed by atoms with E-state index in [1.165, 1.54) is 0 Å². The topological polar surface area (TPSA) is 82.2 Å². The minimum Gasteiger partial charge on any atom is -0.493 e. The monoisotopic (exact) mass is 348 g/mol. The summed E-state index contributed by atoms with van der Waals surface area (Å²) in [7, 11) is 4.01. The van der Waals surface area contributed by atoms with Gasteiger partial charge < -0.3 is 15.4 Å². The number of aryl methyl sites for hydroxylation is 1. The maximum Gasteiger partial charge on any atom is 0.215 e. The van der Waals surface area contributed by atoms with Crippen molar-refractivity contribution in [3.63, 3.8) is 0 Å². The van der Waals surface area contributed by atoms with Crippen LogP contribution in [0.1, 0.15) is 6.42 Å². The summed E-state index contributed by atoms with van der Waals surface area (Å²) < 4.78 is 1.60. The smallest absolute Gasteiger partial charge is 0.215 e. The molecule has 0 fully saturated rings. The van der Waals surface area contributed by atoms with Gasteiger partial charge in [0.15, 0.2) is 5.43 Å². The van der Waals surface area contributed by atoms with Crippen molar-refractivity contribution in [1.29, 1.82) is 5.41 Å². The molecule has 1 aromatic heterocycles. The van der Waals surface area contributed by atoms with Crippen molar-refractivity contribution in [2.24, 2.45) is 0 Å². The number of nitrogens with zero attached hydrogens (tertiary/aromatic N) is 3. The first kappa shape index (κ1) is 16.5. The Hall–Kier alpha value is -2.99. The van der Waals surface area contributed by atoms with Gasteiger partial charge in [0, 0.05) is 28.1 Å². The summed E-state index contributed by atoms with van der Waals surface area (Å²) in [6.07, 6.45) is 0.840. The summed E-state index contributed by atoms with van der Waals surface area (Å²) in [5, 5.41) is 26.5. The van der Waals surface area contributed by atoms with Crippen molar-refractivity contribution >= 4 is 32.4 Å². The van der Waals surface area contributed by atoms with Crippen molar-refractivity contribution in [2.75, 3.05) is 20.6 Å². The highest BCUT2D eigenvalue weighted by Crippen LogP contribution is 2.32. The largest absolute Gasteiger partial charge is 0.493 e. The summed E-state index contributed by atoms with van der Waals surface area (Å²) >= 11 is 0. The third-order valence-corrected chi connectivity index (χ3v) is 4.78. The Labute approximate surface area is 149 Å². The summed E-state index contributed by atoms with van der Waals surface area (Å²) in [5.41, 5.74) is 0.470. The second-order valence-electron chi connectivity index (χ2n) is 6.84. The maximum absolute atomic E-state index is 12.9. The van der Waals surface area contributed by atoms with E-state index in [0.717, 1.165) is 18.4 Å². The lowest BCUT2D eigenvalue weighted by molar-refractivity contribution is 0.354. The van der Waals surface area contributed by atoms with Crippen molar-refractivity contribution in [1.82, 2.24) is 14.7 Å². The number of benzene rings is 3. The molecule has 0 bridgehead atoms. The molecule has 0 aliphatic rings. The number of nitrogens with one attached hydrogen (secondary N) is 1. The van der Waals surface area contributed by atoms with E-state index in [-0.39, 0.29) is 16.7 Å². The third kappa shape index (κ3) is 2.42. The Morgan fingerprint density at radius 1 is 1.08 bits per heavy atom. The SMILES string of the molecule is CN(C)CCCn1nc2c3ccccc3c(=O)c3c(=N)ccc(c1O)c32. The number of hydrogen-bond donors (Lipinski definition) is 2. The molecule has 4 rings (SSSR count).